The third-order valence-electron chi connectivity index (χ3n) is 3.77. The lowest BCUT2D eigenvalue weighted by atomic mass is 10.1. The summed E-state index contributed by atoms with van der Waals surface area (Å²) in [4.78, 5) is 22.3. The molecule has 7 nitrogen and oxygen atoms in total. The Hall–Kier alpha value is -2.02. The van der Waals surface area contributed by atoms with Crippen molar-refractivity contribution in [3.63, 3.8) is 0 Å². The van der Waals surface area contributed by atoms with Gasteiger partial charge in [-0.25, -0.2) is 0 Å². The Morgan fingerprint density at radius 3 is 2.61 bits per heavy atom. The Balaban J connectivity index is 2.12. The summed E-state index contributed by atoms with van der Waals surface area (Å²) >= 11 is 0. The molecule has 2 aliphatic rings. The SMILES string of the molecule is O=[N+]([O-])c1ccc2c(c1)N([O-])C1(CCCC1)[N+]2=O. The zero-order valence-electron chi connectivity index (χ0n) is 9.54. The van der Waals surface area contributed by atoms with E-state index >= 15 is 0 Å². The third kappa shape index (κ3) is 1.22. The fourth-order valence-corrected chi connectivity index (χ4v) is 2.84. The molecule has 3 rings (SSSR count). The highest BCUT2D eigenvalue weighted by Gasteiger charge is 2.57. The highest BCUT2D eigenvalue weighted by atomic mass is 16.6. The molecule has 1 aliphatic carbocycles. The highest BCUT2D eigenvalue weighted by Crippen LogP contribution is 2.50. The number of fused-ring (bicyclic) bond motifs is 1. The lowest BCUT2D eigenvalue weighted by Crippen LogP contribution is -2.45. The van der Waals surface area contributed by atoms with Crippen molar-refractivity contribution in [2.75, 3.05) is 5.06 Å². The normalized spacial score (nSPS) is 20.5. The molecule has 0 atom stereocenters. The molecule has 0 unspecified atom stereocenters. The van der Waals surface area contributed by atoms with Gasteiger partial charge in [0.15, 0.2) is 0 Å². The van der Waals surface area contributed by atoms with Crippen LogP contribution in [0.15, 0.2) is 18.2 Å². The maximum atomic E-state index is 12.3. The molecule has 1 heterocycles. The van der Waals surface area contributed by atoms with Gasteiger partial charge in [0.25, 0.3) is 17.0 Å². The summed E-state index contributed by atoms with van der Waals surface area (Å²) in [6, 6.07) is 3.80. The number of nitrogens with zero attached hydrogens (tertiary/aromatic N) is 3. The molecule has 0 radical (unpaired) electrons. The molecule has 1 aromatic rings. The Morgan fingerprint density at radius 1 is 1.33 bits per heavy atom. The van der Waals surface area contributed by atoms with Crippen molar-refractivity contribution < 1.29 is 9.68 Å². The number of nitro benzene ring substituents is 1. The molecular formula is C11H11N3O4. The number of hydrogen-bond acceptors (Lipinski definition) is 5. The smallest absolute Gasteiger partial charge is 0.282 e. The Bertz CT molecular complexity index is 551. The molecule has 1 aliphatic heterocycles. The summed E-state index contributed by atoms with van der Waals surface area (Å²) in [5.74, 6) is 0. The zero-order chi connectivity index (χ0) is 12.9. The van der Waals surface area contributed by atoms with Crippen molar-refractivity contribution in [1.82, 2.24) is 0 Å². The second kappa shape index (κ2) is 3.49. The van der Waals surface area contributed by atoms with Crippen LogP contribution in [0.4, 0.5) is 17.1 Å². The van der Waals surface area contributed by atoms with E-state index in [0.29, 0.717) is 17.9 Å². The van der Waals surface area contributed by atoms with Gasteiger partial charge in [-0.15, -0.1) is 0 Å². The number of hydroxylamine groups is 1. The van der Waals surface area contributed by atoms with Crippen molar-refractivity contribution in [3.05, 3.63) is 38.4 Å². The van der Waals surface area contributed by atoms with Crippen LogP contribution in [0, 0.1) is 20.2 Å². The van der Waals surface area contributed by atoms with Gasteiger partial charge in [0.2, 0.25) is 0 Å². The average molecular weight is 249 g/mol. The molecule has 7 heteroatoms. The van der Waals surface area contributed by atoms with Crippen molar-refractivity contribution >= 4 is 17.1 Å². The van der Waals surface area contributed by atoms with E-state index in [1.807, 2.05) is 0 Å². The van der Waals surface area contributed by atoms with Crippen molar-refractivity contribution in [1.29, 1.82) is 0 Å². The first kappa shape index (κ1) is 11.1. The molecule has 94 valence electrons. The second-order valence-corrected chi connectivity index (χ2v) is 4.71. The monoisotopic (exact) mass is 249 g/mol. The van der Waals surface area contributed by atoms with Crippen LogP contribution in [0.3, 0.4) is 0 Å². The number of nitro groups is 1. The molecule has 1 aromatic carbocycles. The molecule has 1 saturated carbocycles. The molecule has 1 spiro atoms. The molecular weight excluding hydrogens is 238 g/mol. The fraction of sp³-hybridized carbons (Fsp3) is 0.455. The van der Waals surface area contributed by atoms with E-state index in [-0.39, 0.29) is 17.1 Å². The maximum absolute atomic E-state index is 12.3. The number of non-ortho nitro benzene ring substituents is 1. The fourth-order valence-electron chi connectivity index (χ4n) is 2.84. The van der Waals surface area contributed by atoms with Crippen LogP contribution in [-0.2, 0) is 0 Å². The quantitative estimate of drug-likeness (QED) is 0.433. The maximum Gasteiger partial charge on any atom is 0.282 e. The lowest BCUT2D eigenvalue weighted by molar-refractivity contribution is -0.540. The number of benzene rings is 1. The molecule has 18 heavy (non-hydrogen) atoms. The summed E-state index contributed by atoms with van der Waals surface area (Å²) in [5, 5.41) is 23.6. The van der Waals surface area contributed by atoms with Gasteiger partial charge in [0.05, 0.1) is 9.68 Å². The van der Waals surface area contributed by atoms with E-state index in [4.69, 9.17) is 0 Å². The first-order chi connectivity index (χ1) is 8.56. The van der Waals surface area contributed by atoms with E-state index < -0.39 is 10.6 Å². The number of nitroso groups, excluding NO2 is 1. The summed E-state index contributed by atoms with van der Waals surface area (Å²) in [6.45, 7) is 0. The van der Waals surface area contributed by atoms with Crippen LogP contribution in [0.2, 0.25) is 0 Å². The average Bonchev–Trinajstić information content (AvgIpc) is 2.92. The summed E-state index contributed by atoms with van der Waals surface area (Å²) in [5.41, 5.74) is -0.894. The Morgan fingerprint density at radius 2 is 2.00 bits per heavy atom. The standard InChI is InChI=1S/C11H11N3O4/c15-12-9-4-3-8(14(17)18)7-10(9)13(16)11(12)5-1-2-6-11/h3-4,7H,1-2,5-6H2. The minimum atomic E-state index is -1.07. The molecule has 0 saturated heterocycles. The topological polar surface area (TPSA) is 89.5 Å². The van der Waals surface area contributed by atoms with E-state index in [1.165, 1.54) is 18.2 Å². The van der Waals surface area contributed by atoms with Gasteiger partial charge in [0, 0.05) is 35.9 Å². The molecule has 0 N–H and O–H groups in total. The Kier molecular flexibility index (Phi) is 2.15. The van der Waals surface area contributed by atoms with Gasteiger partial charge in [0.1, 0.15) is 5.69 Å². The summed E-state index contributed by atoms with van der Waals surface area (Å²) in [6.07, 6.45) is 2.66. The van der Waals surface area contributed by atoms with Crippen molar-refractivity contribution in [3.8, 4) is 0 Å². The van der Waals surface area contributed by atoms with Crippen molar-refractivity contribution in [2.45, 2.75) is 31.3 Å². The highest BCUT2D eigenvalue weighted by molar-refractivity contribution is 5.71. The van der Waals surface area contributed by atoms with Crippen LogP contribution >= 0.6 is 0 Å². The predicted molar refractivity (Wildman–Crippen MR) is 63.4 cm³/mol. The molecule has 0 amide bonds. The third-order valence-corrected chi connectivity index (χ3v) is 3.77. The number of hydrogen-bond donors (Lipinski definition) is 0. The molecule has 0 bridgehead atoms. The first-order valence-corrected chi connectivity index (χ1v) is 5.79. The Labute approximate surface area is 102 Å². The van der Waals surface area contributed by atoms with E-state index in [2.05, 4.69) is 0 Å². The first-order valence-electron chi connectivity index (χ1n) is 5.79. The van der Waals surface area contributed by atoms with Crippen LogP contribution in [0.1, 0.15) is 25.7 Å². The van der Waals surface area contributed by atoms with E-state index in [9.17, 15) is 20.2 Å². The van der Waals surface area contributed by atoms with Crippen LogP contribution in [0.25, 0.3) is 0 Å². The van der Waals surface area contributed by atoms with Gasteiger partial charge in [-0.1, -0.05) is 0 Å². The largest absolute Gasteiger partial charge is 0.753 e. The predicted octanol–water partition coefficient (Wildman–Crippen LogP) is 2.59. The second-order valence-electron chi connectivity index (χ2n) is 4.71. The van der Waals surface area contributed by atoms with Crippen LogP contribution < -0.4 is 5.06 Å². The van der Waals surface area contributed by atoms with Crippen molar-refractivity contribution in [2.24, 2.45) is 0 Å². The van der Waals surface area contributed by atoms with Gasteiger partial charge < -0.3 is 10.3 Å². The van der Waals surface area contributed by atoms with Crippen LogP contribution in [0.5, 0.6) is 0 Å². The minimum absolute atomic E-state index is 0.112. The van der Waals surface area contributed by atoms with Gasteiger partial charge in [-0.05, 0) is 12.8 Å². The zero-order valence-corrected chi connectivity index (χ0v) is 9.54. The summed E-state index contributed by atoms with van der Waals surface area (Å²) in [7, 11) is 0. The summed E-state index contributed by atoms with van der Waals surface area (Å²) < 4.78 is 0.728. The number of anilines is 1. The number of rotatable bonds is 1. The van der Waals surface area contributed by atoms with Gasteiger partial charge in [-0.2, -0.15) is 0 Å². The van der Waals surface area contributed by atoms with E-state index in [0.717, 1.165) is 17.6 Å². The molecule has 1 fully saturated rings. The van der Waals surface area contributed by atoms with Crippen LogP contribution in [-0.4, -0.2) is 15.3 Å². The molecule has 0 aromatic heterocycles. The van der Waals surface area contributed by atoms with Gasteiger partial charge >= 0.3 is 0 Å². The van der Waals surface area contributed by atoms with E-state index in [1.54, 1.807) is 0 Å². The minimum Gasteiger partial charge on any atom is -0.753 e. The lowest BCUT2D eigenvalue weighted by Gasteiger charge is -2.33. The van der Waals surface area contributed by atoms with Gasteiger partial charge in [-0.3, -0.25) is 10.1 Å².